The fourth-order valence-electron chi connectivity index (χ4n) is 2.68. The lowest BCUT2D eigenvalue weighted by atomic mass is 10.1. The average Bonchev–Trinajstić information content (AvgIpc) is 3.14. The van der Waals surface area contributed by atoms with E-state index in [0.29, 0.717) is 24.7 Å². The fraction of sp³-hybridized carbons (Fsp3) is 0.400. The van der Waals surface area contributed by atoms with Gasteiger partial charge in [-0.05, 0) is 44.0 Å². The Kier molecular flexibility index (Phi) is 3.83. The Hall–Kier alpha value is -2.38. The van der Waals surface area contributed by atoms with E-state index in [1.54, 1.807) is 11.8 Å². The maximum absolute atomic E-state index is 12.6. The first-order valence-corrected chi connectivity index (χ1v) is 7.14. The van der Waals surface area contributed by atoms with Crippen LogP contribution in [-0.2, 0) is 6.18 Å². The monoisotopic (exact) mass is 325 g/mol. The second-order valence-corrected chi connectivity index (χ2v) is 5.41. The highest BCUT2D eigenvalue weighted by Gasteiger charge is 2.35. The average molecular weight is 325 g/mol. The molecule has 0 aliphatic carbocycles. The van der Waals surface area contributed by atoms with Crippen molar-refractivity contribution in [1.29, 1.82) is 0 Å². The SMILES string of the molecule is Cc1noc(C2CCCN2C(=O)c2ccc(C(F)(F)F)cc2)n1. The number of aromatic nitrogens is 2. The molecule has 1 amide bonds. The van der Waals surface area contributed by atoms with E-state index >= 15 is 0 Å². The molecule has 3 rings (SSSR count). The van der Waals surface area contributed by atoms with Crippen LogP contribution >= 0.6 is 0 Å². The summed E-state index contributed by atoms with van der Waals surface area (Å²) in [5.74, 6) is 0.506. The van der Waals surface area contributed by atoms with Crippen molar-refractivity contribution in [3.05, 3.63) is 47.1 Å². The van der Waals surface area contributed by atoms with Gasteiger partial charge < -0.3 is 9.42 Å². The topological polar surface area (TPSA) is 59.2 Å². The highest BCUT2D eigenvalue weighted by molar-refractivity contribution is 5.94. The smallest absolute Gasteiger partial charge is 0.337 e. The maximum Gasteiger partial charge on any atom is 0.416 e. The predicted molar refractivity (Wildman–Crippen MR) is 73.5 cm³/mol. The number of halogens is 3. The second kappa shape index (κ2) is 5.68. The van der Waals surface area contributed by atoms with Crippen molar-refractivity contribution in [3.63, 3.8) is 0 Å². The van der Waals surface area contributed by atoms with Crippen molar-refractivity contribution in [2.24, 2.45) is 0 Å². The molecule has 2 heterocycles. The Balaban J connectivity index is 1.82. The van der Waals surface area contributed by atoms with Crippen molar-refractivity contribution in [1.82, 2.24) is 15.0 Å². The van der Waals surface area contributed by atoms with E-state index < -0.39 is 11.7 Å². The van der Waals surface area contributed by atoms with E-state index in [1.807, 2.05) is 0 Å². The summed E-state index contributed by atoms with van der Waals surface area (Å²) < 4.78 is 42.9. The number of carbonyl (C=O) groups is 1. The van der Waals surface area contributed by atoms with Gasteiger partial charge in [0, 0.05) is 12.1 Å². The van der Waals surface area contributed by atoms with Crippen LogP contribution in [0.3, 0.4) is 0 Å². The number of aryl methyl sites for hydroxylation is 1. The number of hydrogen-bond donors (Lipinski definition) is 0. The van der Waals surface area contributed by atoms with Crippen LogP contribution in [-0.4, -0.2) is 27.5 Å². The minimum Gasteiger partial charge on any atom is -0.337 e. The van der Waals surface area contributed by atoms with E-state index in [9.17, 15) is 18.0 Å². The van der Waals surface area contributed by atoms with Crippen LogP contribution in [0.2, 0.25) is 0 Å². The van der Waals surface area contributed by atoms with Crippen molar-refractivity contribution in [3.8, 4) is 0 Å². The van der Waals surface area contributed by atoms with Gasteiger partial charge in [-0.25, -0.2) is 0 Å². The molecule has 1 unspecified atom stereocenters. The molecular formula is C15H14F3N3O2. The minimum atomic E-state index is -4.42. The first-order valence-electron chi connectivity index (χ1n) is 7.14. The molecule has 1 atom stereocenters. The van der Waals surface area contributed by atoms with Crippen molar-refractivity contribution in [2.45, 2.75) is 32.0 Å². The van der Waals surface area contributed by atoms with E-state index in [0.717, 1.165) is 18.6 Å². The van der Waals surface area contributed by atoms with Crippen molar-refractivity contribution >= 4 is 5.91 Å². The quantitative estimate of drug-likeness (QED) is 0.849. The van der Waals surface area contributed by atoms with Gasteiger partial charge in [0.1, 0.15) is 6.04 Å². The molecule has 0 spiro atoms. The molecule has 1 aliphatic heterocycles. The third-order valence-corrected chi connectivity index (χ3v) is 3.80. The lowest BCUT2D eigenvalue weighted by molar-refractivity contribution is -0.137. The highest BCUT2D eigenvalue weighted by atomic mass is 19.4. The first-order chi connectivity index (χ1) is 10.9. The summed E-state index contributed by atoms with van der Waals surface area (Å²) in [6.45, 7) is 2.19. The Morgan fingerprint density at radius 3 is 2.57 bits per heavy atom. The third-order valence-electron chi connectivity index (χ3n) is 3.80. The van der Waals surface area contributed by atoms with Crippen LogP contribution < -0.4 is 0 Å². The Morgan fingerprint density at radius 2 is 2.00 bits per heavy atom. The molecule has 1 saturated heterocycles. The van der Waals surface area contributed by atoms with Gasteiger partial charge in [0.25, 0.3) is 5.91 Å². The Labute approximate surface area is 130 Å². The molecule has 0 saturated carbocycles. The molecule has 1 fully saturated rings. The second-order valence-electron chi connectivity index (χ2n) is 5.41. The number of hydrogen-bond acceptors (Lipinski definition) is 4. The van der Waals surface area contributed by atoms with Crippen LogP contribution in [0.25, 0.3) is 0 Å². The van der Waals surface area contributed by atoms with E-state index in [-0.39, 0.29) is 17.5 Å². The molecule has 122 valence electrons. The summed E-state index contributed by atoms with van der Waals surface area (Å²) in [5.41, 5.74) is -0.569. The zero-order valence-electron chi connectivity index (χ0n) is 12.3. The molecule has 23 heavy (non-hydrogen) atoms. The van der Waals surface area contributed by atoms with Gasteiger partial charge in [-0.1, -0.05) is 5.16 Å². The molecule has 0 radical (unpaired) electrons. The molecule has 1 aromatic heterocycles. The molecule has 0 N–H and O–H groups in total. The largest absolute Gasteiger partial charge is 0.416 e. The predicted octanol–water partition coefficient (Wildman–Crippen LogP) is 3.37. The summed E-state index contributed by atoms with van der Waals surface area (Å²) >= 11 is 0. The van der Waals surface area contributed by atoms with E-state index in [2.05, 4.69) is 10.1 Å². The number of rotatable bonds is 2. The summed E-state index contributed by atoms with van der Waals surface area (Å²) in [6, 6.07) is 3.88. The molecule has 5 nitrogen and oxygen atoms in total. The minimum absolute atomic E-state index is 0.209. The Morgan fingerprint density at radius 1 is 1.30 bits per heavy atom. The highest BCUT2D eigenvalue weighted by Crippen LogP contribution is 2.33. The zero-order chi connectivity index (χ0) is 16.6. The summed E-state index contributed by atoms with van der Waals surface area (Å²) in [7, 11) is 0. The molecule has 0 bridgehead atoms. The number of carbonyl (C=O) groups excluding carboxylic acids is 1. The molecule has 8 heteroatoms. The van der Waals surface area contributed by atoms with Crippen LogP contribution in [0.5, 0.6) is 0 Å². The first kappa shape index (κ1) is 15.5. The van der Waals surface area contributed by atoms with Gasteiger partial charge in [-0.3, -0.25) is 4.79 Å². The number of benzene rings is 1. The molecular weight excluding hydrogens is 311 g/mol. The lowest BCUT2D eigenvalue weighted by Crippen LogP contribution is -2.30. The number of alkyl halides is 3. The van der Waals surface area contributed by atoms with E-state index in [4.69, 9.17) is 4.52 Å². The van der Waals surface area contributed by atoms with Gasteiger partial charge in [0.2, 0.25) is 5.89 Å². The number of nitrogens with zero attached hydrogens (tertiary/aromatic N) is 3. The normalized spacial score (nSPS) is 18.4. The van der Waals surface area contributed by atoms with Gasteiger partial charge in [-0.2, -0.15) is 18.2 Å². The fourth-order valence-corrected chi connectivity index (χ4v) is 2.68. The number of amides is 1. The van der Waals surface area contributed by atoms with Crippen LogP contribution in [0.4, 0.5) is 13.2 Å². The van der Waals surface area contributed by atoms with Crippen LogP contribution in [0.15, 0.2) is 28.8 Å². The molecule has 1 aliphatic rings. The van der Waals surface area contributed by atoms with Gasteiger partial charge in [-0.15, -0.1) is 0 Å². The van der Waals surface area contributed by atoms with Gasteiger partial charge in [0.05, 0.1) is 5.56 Å². The summed E-state index contributed by atoms with van der Waals surface area (Å²) in [6.07, 6.45) is -2.95. The molecule has 1 aromatic carbocycles. The van der Waals surface area contributed by atoms with Gasteiger partial charge >= 0.3 is 6.18 Å². The Bertz CT molecular complexity index is 710. The van der Waals surface area contributed by atoms with E-state index in [1.165, 1.54) is 12.1 Å². The number of likely N-dealkylation sites (tertiary alicyclic amines) is 1. The lowest BCUT2D eigenvalue weighted by Gasteiger charge is -2.22. The molecule has 2 aromatic rings. The summed E-state index contributed by atoms with van der Waals surface area (Å²) in [4.78, 5) is 18.3. The van der Waals surface area contributed by atoms with Gasteiger partial charge in [0.15, 0.2) is 5.82 Å². The zero-order valence-corrected chi connectivity index (χ0v) is 12.3. The standard InChI is InChI=1S/C15H14F3N3O2/c1-9-19-13(23-20-9)12-3-2-8-21(12)14(22)10-4-6-11(7-5-10)15(16,17)18/h4-7,12H,2-3,8H2,1H3. The summed E-state index contributed by atoms with van der Waals surface area (Å²) in [5, 5.41) is 3.72. The maximum atomic E-state index is 12.6. The van der Waals surface area contributed by atoms with Crippen molar-refractivity contribution < 1.29 is 22.5 Å². The van der Waals surface area contributed by atoms with Crippen LogP contribution in [0.1, 0.15) is 46.5 Å². The van der Waals surface area contributed by atoms with Crippen molar-refractivity contribution in [2.75, 3.05) is 6.54 Å². The van der Waals surface area contributed by atoms with Crippen LogP contribution in [0, 0.1) is 6.92 Å². The third kappa shape index (κ3) is 3.06.